The second kappa shape index (κ2) is 4.48. The minimum absolute atomic E-state index is 0.105. The molecule has 2 aliphatic carbocycles. The lowest BCUT2D eigenvalue weighted by molar-refractivity contribution is -0.227. The van der Waals surface area contributed by atoms with Crippen LogP contribution in [0.15, 0.2) is 12.2 Å². The number of hydrogen-bond acceptors (Lipinski definition) is 2. The van der Waals surface area contributed by atoms with E-state index in [4.69, 9.17) is 5.11 Å². The van der Waals surface area contributed by atoms with Crippen LogP contribution in [0.3, 0.4) is 0 Å². The van der Waals surface area contributed by atoms with Gasteiger partial charge in [0.05, 0.1) is 0 Å². The van der Waals surface area contributed by atoms with E-state index in [1.807, 2.05) is 6.08 Å². The molecule has 0 aromatic rings. The number of halogens is 3. The van der Waals surface area contributed by atoms with Crippen molar-refractivity contribution in [3.05, 3.63) is 12.2 Å². The van der Waals surface area contributed by atoms with Gasteiger partial charge in [-0.25, -0.2) is 0 Å². The third kappa shape index (κ3) is 2.05. The molecule has 1 N–H and O–H groups in total. The molecule has 1 saturated carbocycles. The lowest BCUT2D eigenvalue weighted by Crippen LogP contribution is -2.48. The van der Waals surface area contributed by atoms with E-state index in [0.29, 0.717) is 12.3 Å². The third-order valence-electron chi connectivity index (χ3n) is 5.13. The zero-order valence-corrected chi connectivity index (χ0v) is 11.3. The van der Waals surface area contributed by atoms with Crippen molar-refractivity contribution in [3.63, 3.8) is 0 Å². The number of carbonyl (C=O) groups excluding carboxylic acids is 1. The van der Waals surface area contributed by atoms with Gasteiger partial charge in [0.15, 0.2) is 5.41 Å². The highest BCUT2D eigenvalue weighted by molar-refractivity contribution is 5.83. The summed E-state index contributed by atoms with van der Waals surface area (Å²) in [6.45, 7) is -0.898. The largest absolute Gasteiger partial charge is 0.481 e. The molecule has 1 heterocycles. The van der Waals surface area contributed by atoms with Crippen LogP contribution < -0.4 is 0 Å². The fourth-order valence-electron chi connectivity index (χ4n) is 3.82. The molecule has 0 spiro atoms. The molecule has 1 amide bonds. The van der Waals surface area contributed by atoms with Crippen molar-refractivity contribution in [1.82, 2.24) is 4.90 Å². The van der Waals surface area contributed by atoms with Crippen LogP contribution in [0.1, 0.15) is 19.3 Å². The molecule has 2 fully saturated rings. The smallest absolute Gasteiger partial charge is 0.406 e. The van der Waals surface area contributed by atoms with E-state index in [1.54, 1.807) is 0 Å². The van der Waals surface area contributed by atoms with Crippen LogP contribution >= 0.6 is 0 Å². The van der Waals surface area contributed by atoms with Gasteiger partial charge in [0.25, 0.3) is 0 Å². The number of hydrogen-bond donors (Lipinski definition) is 1. The first-order valence-corrected chi connectivity index (χ1v) is 7.02. The Bertz CT molecular complexity index is 516. The van der Waals surface area contributed by atoms with Crippen molar-refractivity contribution in [2.24, 2.45) is 23.2 Å². The first-order valence-electron chi connectivity index (χ1n) is 7.02. The van der Waals surface area contributed by atoms with E-state index in [2.05, 4.69) is 6.08 Å². The molecule has 3 rings (SSSR count). The summed E-state index contributed by atoms with van der Waals surface area (Å²) in [6.07, 6.45) is 0.156. The second-order valence-electron chi connectivity index (χ2n) is 6.28. The van der Waals surface area contributed by atoms with Gasteiger partial charge in [0.1, 0.15) is 0 Å². The molecule has 4 unspecified atom stereocenters. The summed E-state index contributed by atoms with van der Waals surface area (Å²) < 4.78 is 39.3. The molecule has 2 bridgehead atoms. The Morgan fingerprint density at radius 2 is 1.95 bits per heavy atom. The summed E-state index contributed by atoms with van der Waals surface area (Å²) in [5, 5.41) is 9.00. The lowest BCUT2D eigenvalue weighted by atomic mass is 9.86. The van der Waals surface area contributed by atoms with E-state index in [1.165, 1.54) is 0 Å². The van der Waals surface area contributed by atoms with Gasteiger partial charge in [-0.2, -0.15) is 13.2 Å². The Morgan fingerprint density at radius 3 is 2.38 bits per heavy atom. The van der Waals surface area contributed by atoms with Gasteiger partial charge in [0.2, 0.25) is 5.91 Å². The van der Waals surface area contributed by atoms with Gasteiger partial charge in [-0.05, 0) is 31.1 Å². The number of likely N-dealkylation sites (tertiary alicyclic amines) is 1. The molecule has 3 aliphatic rings. The summed E-state index contributed by atoms with van der Waals surface area (Å²) in [5.41, 5.74) is -2.81. The van der Waals surface area contributed by atoms with Gasteiger partial charge in [0, 0.05) is 19.0 Å². The standard InChI is InChI=1S/C14H16F3NO3/c15-14(16,17)13(12(20)21)3-4-18(7-13)11(19)10-6-8-1-2-9(10)5-8/h1-2,8-10H,3-7H2,(H,20,21). The fourth-order valence-corrected chi connectivity index (χ4v) is 3.82. The molecule has 4 nitrogen and oxygen atoms in total. The molecule has 1 aliphatic heterocycles. The number of amides is 1. The number of rotatable bonds is 2. The number of nitrogens with zero attached hydrogens (tertiary/aromatic N) is 1. The minimum atomic E-state index is -4.84. The maximum atomic E-state index is 13.1. The number of carbonyl (C=O) groups is 2. The summed E-state index contributed by atoms with van der Waals surface area (Å²) in [6, 6.07) is 0. The van der Waals surface area contributed by atoms with E-state index >= 15 is 0 Å². The Hall–Kier alpha value is -1.53. The number of carboxylic acid groups (broad SMARTS) is 1. The Morgan fingerprint density at radius 1 is 1.24 bits per heavy atom. The average molecular weight is 303 g/mol. The third-order valence-corrected chi connectivity index (χ3v) is 5.13. The fraction of sp³-hybridized carbons (Fsp3) is 0.714. The first kappa shape index (κ1) is 14.4. The SMILES string of the molecule is O=C(C1CC2C=CC1C2)N1CCC(C(=O)O)(C(F)(F)F)C1. The second-order valence-corrected chi connectivity index (χ2v) is 6.28. The lowest BCUT2D eigenvalue weighted by Gasteiger charge is -2.29. The van der Waals surface area contributed by atoms with Gasteiger partial charge >= 0.3 is 12.1 Å². The van der Waals surface area contributed by atoms with Crippen molar-refractivity contribution in [2.45, 2.75) is 25.4 Å². The summed E-state index contributed by atoms with van der Waals surface area (Å²) >= 11 is 0. The highest BCUT2D eigenvalue weighted by Gasteiger charge is 2.64. The van der Waals surface area contributed by atoms with Crippen LogP contribution in [-0.4, -0.2) is 41.1 Å². The average Bonchev–Trinajstić information content (AvgIpc) is 3.11. The van der Waals surface area contributed by atoms with Crippen LogP contribution in [0.4, 0.5) is 13.2 Å². The Labute approximate surface area is 119 Å². The van der Waals surface area contributed by atoms with Gasteiger partial charge in [-0.3, -0.25) is 9.59 Å². The predicted molar refractivity (Wildman–Crippen MR) is 66.2 cm³/mol. The van der Waals surface area contributed by atoms with Crippen LogP contribution in [0.25, 0.3) is 0 Å². The molecule has 0 aromatic heterocycles. The number of allylic oxidation sites excluding steroid dienone is 2. The van der Waals surface area contributed by atoms with Crippen molar-refractivity contribution < 1.29 is 27.9 Å². The highest BCUT2D eigenvalue weighted by atomic mass is 19.4. The van der Waals surface area contributed by atoms with E-state index < -0.39 is 30.5 Å². The molecular weight excluding hydrogens is 287 g/mol. The molecule has 0 aromatic carbocycles. The molecule has 4 atom stereocenters. The van der Waals surface area contributed by atoms with Gasteiger partial charge in [-0.15, -0.1) is 0 Å². The monoisotopic (exact) mass is 303 g/mol. The van der Waals surface area contributed by atoms with Crippen LogP contribution in [0.2, 0.25) is 0 Å². The highest BCUT2D eigenvalue weighted by Crippen LogP contribution is 2.48. The topological polar surface area (TPSA) is 57.6 Å². The van der Waals surface area contributed by atoms with Crippen molar-refractivity contribution in [2.75, 3.05) is 13.1 Å². The number of alkyl halides is 3. The van der Waals surface area contributed by atoms with Crippen LogP contribution in [0, 0.1) is 23.2 Å². The first-order chi connectivity index (χ1) is 9.74. The van der Waals surface area contributed by atoms with Gasteiger partial charge < -0.3 is 10.0 Å². The molecule has 1 saturated heterocycles. The number of fused-ring (bicyclic) bond motifs is 2. The van der Waals surface area contributed by atoms with Crippen LogP contribution in [-0.2, 0) is 9.59 Å². The summed E-state index contributed by atoms with van der Waals surface area (Å²) in [5.74, 6) is -2.04. The van der Waals surface area contributed by atoms with Crippen molar-refractivity contribution >= 4 is 11.9 Å². The van der Waals surface area contributed by atoms with Crippen molar-refractivity contribution in [1.29, 1.82) is 0 Å². The number of carboxylic acids is 1. The molecule has 7 heteroatoms. The van der Waals surface area contributed by atoms with E-state index in [0.717, 1.165) is 11.3 Å². The van der Waals surface area contributed by atoms with Crippen molar-refractivity contribution in [3.8, 4) is 0 Å². The Balaban J connectivity index is 1.76. The van der Waals surface area contributed by atoms with Gasteiger partial charge in [-0.1, -0.05) is 12.2 Å². The predicted octanol–water partition coefficient (Wildman–Crippen LogP) is 2.06. The number of aliphatic carboxylic acids is 1. The van der Waals surface area contributed by atoms with Crippen LogP contribution in [0.5, 0.6) is 0 Å². The Kier molecular flexibility index (Phi) is 3.07. The van der Waals surface area contributed by atoms with E-state index in [-0.39, 0.29) is 24.3 Å². The maximum absolute atomic E-state index is 13.1. The minimum Gasteiger partial charge on any atom is -0.481 e. The zero-order chi connectivity index (χ0) is 15.4. The molecular formula is C14H16F3NO3. The summed E-state index contributed by atoms with van der Waals surface area (Å²) in [7, 11) is 0. The zero-order valence-electron chi connectivity index (χ0n) is 11.3. The van der Waals surface area contributed by atoms with E-state index in [9.17, 15) is 22.8 Å². The normalized spacial score (nSPS) is 38.2. The maximum Gasteiger partial charge on any atom is 0.406 e. The quantitative estimate of drug-likeness (QED) is 0.795. The summed E-state index contributed by atoms with van der Waals surface area (Å²) in [4.78, 5) is 24.6. The molecule has 21 heavy (non-hydrogen) atoms. The molecule has 0 radical (unpaired) electrons. The molecule has 116 valence electrons.